The first kappa shape index (κ1) is 18.4. The summed E-state index contributed by atoms with van der Waals surface area (Å²) in [5, 5.41) is 11.5. The molecule has 1 atom stereocenters. The van der Waals surface area contributed by atoms with E-state index < -0.39 is 6.10 Å². The molecule has 0 spiro atoms. The average Bonchev–Trinajstić information content (AvgIpc) is 2.66. The van der Waals surface area contributed by atoms with Crippen LogP contribution in [0, 0.1) is 6.92 Å². The van der Waals surface area contributed by atoms with E-state index in [9.17, 15) is 5.11 Å². The van der Waals surface area contributed by atoms with Crippen LogP contribution in [-0.4, -0.2) is 10.1 Å². The van der Waals surface area contributed by atoms with E-state index in [-0.39, 0.29) is 0 Å². The van der Waals surface area contributed by atoms with E-state index in [0.717, 1.165) is 52.7 Å². The number of aliphatic hydroxyl groups is 1. The van der Waals surface area contributed by atoms with Crippen molar-refractivity contribution in [1.82, 2.24) is 4.98 Å². The van der Waals surface area contributed by atoms with Gasteiger partial charge in [-0.25, -0.2) is 4.98 Å². The van der Waals surface area contributed by atoms with Crippen molar-refractivity contribution in [3.05, 3.63) is 71.4 Å². The number of para-hydroxylation sites is 1. The molecule has 0 radical (unpaired) electrons. The molecule has 0 aliphatic carbocycles. The molecule has 3 aromatic rings. The molecule has 0 amide bonds. The van der Waals surface area contributed by atoms with Gasteiger partial charge in [-0.2, -0.15) is 0 Å². The third-order valence-electron chi connectivity index (χ3n) is 4.63. The third kappa shape index (κ3) is 4.61. The minimum atomic E-state index is -0.400. The van der Waals surface area contributed by atoms with Gasteiger partial charge in [0.05, 0.1) is 6.10 Å². The van der Waals surface area contributed by atoms with Gasteiger partial charge in [-0.05, 0) is 42.7 Å². The second-order valence-corrected chi connectivity index (χ2v) is 6.83. The Labute approximate surface area is 155 Å². The fraction of sp³-hybridized carbons (Fsp3) is 0.348. The van der Waals surface area contributed by atoms with Crippen molar-refractivity contribution >= 4 is 10.9 Å². The third-order valence-corrected chi connectivity index (χ3v) is 4.63. The zero-order valence-corrected chi connectivity index (χ0v) is 15.6. The van der Waals surface area contributed by atoms with Crippen LogP contribution in [0.1, 0.15) is 55.5 Å². The molecule has 1 unspecified atom stereocenters. The van der Waals surface area contributed by atoms with Crippen LogP contribution in [0.2, 0.25) is 0 Å². The molecular formula is C23H27NO2. The van der Waals surface area contributed by atoms with Crippen molar-refractivity contribution in [2.45, 2.75) is 52.2 Å². The average molecular weight is 349 g/mol. The smallest absolute Gasteiger partial charge is 0.146 e. The van der Waals surface area contributed by atoms with Gasteiger partial charge in [0.2, 0.25) is 0 Å². The van der Waals surface area contributed by atoms with Gasteiger partial charge in [-0.1, -0.05) is 62.6 Å². The van der Waals surface area contributed by atoms with Gasteiger partial charge in [0.25, 0.3) is 0 Å². The predicted molar refractivity (Wildman–Crippen MR) is 106 cm³/mol. The quantitative estimate of drug-likeness (QED) is 0.528. The monoisotopic (exact) mass is 349 g/mol. The zero-order valence-electron chi connectivity index (χ0n) is 15.6. The van der Waals surface area contributed by atoms with Crippen LogP contribution >= 0.6 is 0 Å². The van der Waals surface area contributed by atoms with E-state index in [0.29, 0.717) is 6.61 Å². The summed E-state index contributed by atoms with van der Waals surface area (Å²) in [6, 6.07) is 18.1. The first-order chi connectivity index (χ1) is 12.7. The highest BCUT2D eigenvalue weighted by atomic mass is 16.5. The van der Waals surface area contributed by atoms with Crippen molar-refractivity contribution < 1.29 is 9.84 Å². The van der Waals surface area contributed by atoms with Crippen molar-refractivity contribution in [3.63, 3.8) is 0 Å². The Hall–Kier alpha value is -2.39. The van der Waals surface area contributed by atoms with Gasteiger partial charge < -0.3 is 9.84 Å². The van der Waals surface area contributed by atoms with Gasteiger partial charge in [0.15, 0.2) is 0 Å². The van der Waals surface area contributed by atoms with E-state index >= 15 is 0 Å². The number of fused-ring (bicyclic) bond motifs is 1. The summed E-state index contributed by atoms with van der Waals surface area (Å²) in [6.07, 6.45) is 3.79. The number of hydrogen-bond acceptors (Lipinski definition) is 3. The molecule has 3 nitrogen and oxygen atoms in total. The van der Waals surface area contributed by atoms with Crippen LogP contribution in [0.3, 0.4) is 0 Å². The van der Waals surface area contributed by atoms with Gasteiger partial charge in [0, 0.05) is 11.1 Å². The second-order valence-electron chi connectivity index (χ2n) is 6.83. The summed E-state index contributed by atoms with van der Waals surface area (Å²) in [5.74, 6) is 0.792. The fourth-order valence-electron chi connectivity index (χ4n) is 3.14. The molecule has 0 bridgehead atoms. The molecule has 1 heterocycles. The van der Waals surface area contributed by atoms with Crippen LogP contribution in [0.4, 0.5) is 0 Å². The van der Waals surface area contributed by atoms with E-state index in [1.807, 2.05) is 55.5 Å². The number of hydrogen-bond donors (Lipinski definition) is 1. The molecule has 0 aliphatic heterocycles. The lowest BCUT2D eigenvalue weighted by Gasteiger charge is -2.13. The molecular weight excluding hydrogens is 322 g/mol. The van der Waals surface area contributed by atoms with Gasteiger partial charge in [0.1, 0.15) is 17.9 Å². The summed E-state index contributed by atoms with van der Waals surface area (Å²) < 4.78 is 6.05. The Kier molecular flexibility index (Phi) is 6.24. The Morgan fingerprint density at radius 1 is 1.04 bits per heavy atom. The maximum atomic E-state index is 10.4. The van der Waals surface area contributed by atoms with Gasteiger partial charge in [-0.3, -0.25) is 0 Å². The second kappa shape index (κ2) is 8.81. The van der Waals surface area contributed by atoms with Crippen LogP contribution < -0.4 is 4.74 Å². The highest BCUT2D eigenvalue weighted by Gasteiger charge is 2.09. The number of nitrogens with zero attached hydrogens (tertiary/aromatic N) is 1. The number of aliphatic hydroxyl groups excluding tert-OH is 1. The topological polar surface area (TPSA) is 42.4 Å². The lowest BCUT2D eigenvalue weighted by molar-refractivity contribution is 0.163. The van der Waals surface area contributed by atoms with Crippen LogP contribution in [0.25, 0.3) is 10.9 Å². The molecule has 2 aromatic carbocycles. The Bertz CT molecular complexity index is 860. The van der Waals surface area contributed by atoms with Crippen LogP contribution in [-0.2, 0) is 6.61 Å². The first-order valence-electron chi connectivity index (χ1n) is 9.43. The minimum Gasteiger partial charge on any atom is -0.487 e. The van der Waals surface area contributed by atoms with E-state index in [2.05, 4.69) is 18.0 Å². The standard InChI is InChI=1S/C23H27NO2/c1-3-4-5-11-21(25)20-10-6-8-18(15-20)16-26-22-12-7-9-19-14-13-17(2)24-23(19)22/h6-10,12-15,21,25H,3-5,11,16H2,1-2H3. The number of pyridine rings is 1. The summed E-state index contributed by atoms with van der Waals surface area (Å²) in [5.41, 5.74) is 3.89. The molecule has 0 aliphatic rings. The lowest BCUT2D eigenvalue weighted by atomic mass is 10.0. The van der Waals surface area contributed by atoms with Crippen LogP contribution in [0.5, 0.6) is 5.75 Å². The van der Waals surface area contributed by atoms with Crippen molar-refractivity contribution in [3.8, 4) is 5.75 Å². The van der Waals surface area contributed by atoms with Gasteiger partial charge in [-0.15, -0.1) is 0 Å². The van der Waals surface area contributed by atoms with Crippen molar-refractivity contribution in [2.24, 2.45) is 0 Å². The highest BCUT2D eigenvalue weighted by Crippen LogP contribution is 2.26. The lowest BCUT2D eigenvalue weighted by Crippen LogP contribution is -2.01. The fourth-order valence-corrected chi connectivity index (χ4v) is 3.14. The molecule has 0 saturated heterocycles. The summed E-state index contributed by atoms with van der Waals surface area (Å²) in [7, 11) is 0. The van der Waals surface area contributed by atoms with Crippen molar-refractivity contribution in [2.75, 3.05) is 0 Å². The number of rotatable bonds is 8. The first-order valence-corrected chi connectivity index (χ1v) is 9.43. The summed E-state index contributed by atoms with van der Waals surface area (Å²) in [6.45, 7) is 4.62. The predicted octanol–water partition coefficient (Wildman–Crippen LogP) is 5.74. The largest absolute Gasteiger partial charge is 0.487 e. The van der Waals surface area contributed by atoms with Crippen LogP contribution in [0.15, 0.2) is 54.6 Å². The Morgan fingerprint density at radius 3 is 2.73 bits per heavy atom. The maximum Gasteiger partial charge on any atom is 0.146 e. The van der Waals surface area contributed by atoms with Crippen molar-refractivity contribution in [1.29, 1.82) is 0 Å². The molecule has 0 saturated carbocycles. The SMILES string of the molecule is CCCCCC(O)c1cccc(COc2cccc3ccc(C)nc23)c1. The van der Waals surface area contributed by atoms with E-state index in [4.69, 9.17) is 4.74 Å². The molecule has 26 heavy (non-hydrogen) atoms. The number of unbranched alkanes of at least 4 members (excludes halogenated alkanes) is 2. The molecule has 3 heteroatoms. The zero-order chi connectivity index (χ0) is 18.4. The minimum absolute atomic E-state index is 0.400. The molecule has 1 N–H and O–H groups in total. The van der Waals surface area contributed by atoms with Gasteiger partial charge >= 0.3 is 0 Å². The number of benzene rings is 2. The highest BCUT2D eigenvalue weighted by molar-refractivity contribution is 5.84. The molecule has 1 aromatic heterocycles. The molecule has 136 valence electrons. The van der Waals surface area contributed by atoms with E-state index in [1.165, 1.54) is 6.42 Å². The number of aryl methyl sites for hydroxylation is 1. The molecule has 0 fully saturated rings. The number of ether oxygens (including phenoxy) is 1. The Morgan fingerprint density at radius 2 is 1.88 bits per heavy atom. The van der Waals surface area contributed by atoms with E-state index in [1.54, 1.807) is 0 Å². The Balaban J connectivity index is 1.70. The summed E-state index contributed by atoms with van der Waals surface area (Å²) >= 11 is 0. The maximum absolute atomic E-state index is 10.4. The number of aromatic nitrogens is 1. The molecule has 3 rings (SSSR count). The summed E-state index contributed by atoms with van der Waals surface area (Å²) in [4.78, 5) is 4.61. The normalized spacial score (nSPS) is 12.3.